The van der Waals surface area contributed by atoms with Gasteiger partial charge in [0.2, 0.25) is 0 Å². The first-order chi connectivity index (χ1) is 10.2. The number of carbonyl (C=O) groups excluding carboxylic acids is 1. The number of aromatic nitrogens is 1. The van der Waals surface area contributed by atoms with E-state index in [2.05, 4.69) is 10.3 Å². The SMILES string of the molecule is CCOc1ccccc1N/C(C)=C/C(=O)c1cccnc1. The highest BCUT2D eigenvalue weighted by atomic mass is 16.5. The first-order valence-electron chi connectivity index (χ1n) is 6.82. The molecule has 0 aliphatic carbocycles. The molecule has 1 N–H and O–H groups in total. The Morgan fingerprint density at radius 3 is 2.81 bits per heavy atom. The highest BCUT2D eigenvalue weighted by molar-refractivity contribution is 6.04. The number of ether oxygens (including phenoxy) is 1. The topological polar surface area (TPSA) is 51.2 Å². The predicted octanol–water partition coefficient (Wildman–Crippen LogP) is 3.68. The van der Waals surface area contributed by atoms with Crippen molar-refractivity contribution >= 4 is 11.5 Å². The van der Waals surface area contributed by atoms with Gasteiger partial charge in [0.25, 0.3) is 0 Å². The van der Waals surface area contributed by atoms with Gasteiger partial charge in [-0.2, -0.15) is 0 Å². The summed E-state index contributed by atoms with van der Waals surface area (Å²) in [5.74, 6) is 0.684. The molecule has 0 radical (unpaired) electrons. The predicted molar refractivity (Wildman–Crippen MR) is 83.6 cm³/mol. The van der Waals surface area contributed by atoms with Crippen LogP contribution in [0.4, 0.5) is 5.69 Å². The van der Waals surface area contributed by atoms with Gasteiger partial charge in [0, 0.05) is 29.7 Å². The van der Waals surface area contributed by atoms with E-state index in [0.717, 1.165) is 17.1 Å². The number of hydrogen-bond donors (Lipinski definition) is 1. The molecule has 0 aliphatic heterocycles. The van der Waals surface area contributed by atoms with Crippen LogP contribution in [0.1, 0.15) is 24.2 Å². The molecule has 0 atom stereocenters. The molecule has 1 heterocycles. The van der Waals surface area contributed by atoms with Crippen LogP contribution < -0.4 is 10.1 Å². The second-order valence-electron chi connectivity index (χ2n) is 4.49. The van der Waals surface area contributed by atoms with Gasteiger partial charge in [-0.1, -0.05) is 12.1 Å². The van der Waals surface area contributed by atoms with Crippen molar-refractivity contribution in [2.45, 2.75) is 13.8 Å². The molecular formula is C17H18N2O2. The van der Waals surface area contributed by atoms with E-state index in [1.54, 1.807) is 30.6 Å². The van der Waals surface area contributed by atoms with Gasteiger partial charge in [0.1, 0.15) is 5.75 Å². The molecule has 21 heavy (non-hydrogen) atoms. The van der Waals surface area contributed by atoms with Crippen molar-refractivity contribution in [3.8, 4) is 5.75 Å². The summed E-state index contributed by atoms with van der Waals surface area (Å²) in [5, 5.41) is 3.19. The van der Waals surface area contributed by atoms with Gasteiger partial charge < -0.3 is 10.1 Å². The van der Waals surface area contributed by atoms with Crippen molar-refractivity contribution in [3.63, 3.8) is 0 Å². The molecular weight excluding hydrogens is 264 g/mol. The van der Waals surface area contributed by atoms with Crippen molar-refractivity contribution in [1.82, 2.24) is 4.98 Å². The van der Waals surface area contributed by atoms with Crippen LogP contribution in [0.3, 0.4) is 0 Å². The molecule has 0 unspecified atom stereocenters. The van der Waals surface area contributed by atoms with E-state index >= 15 is 0 Å². The quantitative estimate of drug-likeness (QED) is 0.648. The summed E-state index contributed by atoms with van der Waals surface area (Å²) in [5.41, 5.74) is 2.15. The fourth-order valence-corrected chi connectivity index (χ4v) is 1.89. The van der Waals surface area contributed by atoms with Crippen molar-refractivity contribution in [2.75, 3.05) is 11.9 Å². The van der Waals surface area contributed by atoms with Gasteiger partial charge >= 0.3 is 0 Å². The van der Waals surface area contributed by atoms with Crippen LogP contribution in [-0.4, -0.2) is 17.4 Å². The number of para-hydroxylation sites is 2. The number of pyridine rings is 1. The average molecular weight is 282 g/mol. The van der Waals surface area contributed by atoms with E-state index in [1.807, 2.05) is 38.1 Å². The molecule has 1 aromatic carbocycles. The van der Waals surface area contributed by atoms with Crippen LogP contribution in [0, 0.1) is 0 Å². The number of rotatable bonds is 6. The highest BCUT2D eigenvalue weighted by Crippen LogP contribution is 2.25. The lowest BCUT2D eigenvalue weighted by molar-refractivity contribution is 0.104. The number of ketones is 1. The molecule has 0 aliphatic rings. The van der Waals surface area contributed by atoms with E-state index < -0.39 is 0 Å². The van der Waals surface area contributed by atoms with Gasteiger partial charge in [0.15, 0.2) is 5.78 Å². The number of hydrogen-bond acceptors (Lipinski definition) is 4. The molecule has 0 saturated heterocycles. The average Bonchev–Trinajstić information content (AvgIpc) is 2.50. The van der Waals surface area contributed by atoms with Crippen molar-refractivity contribution in [2.24, 2.45) is 0 Å². The monoisotopic (exact) mass is 282 g/mol. The summed E-state index contributed by atoms with van der Waals surface area (Å²) >= 11 is 0. The van der Waals surface area contributed by atoms with E-state index in [-0.39, 0.29) is 5.78 Å². The second-order valence-corrected chi connectivity index (χ2v) is 4.49. The smallest absolute Gasteiger partial charge is 0.189 e. The highest BCUT2D eigenvalue weighted by Gasteiger charge is 2.05. The van der Waals surface area contributed by atoms with Crippen LogP contribution in [0.15, 0.2) is 60.6 Å². The number of nitrogens with one attached hydrogen (secondary N) is 1. The second kappa shape index (κ2) is 7.24. The third-order valence-electron chi connectivity index (χ3n) is 2.81. The number of allylic oxidation sites excluding steroid dienone is 2. The first-order valence-corrected chi connectivity index (χ1v) is 6.82. The molecule has 2 rings (SSSR count). The van der Waals surface area contributed by atoms with Gasteiger partial charge in [0.05, 0.1) is 12.3 Å². The fourth-order valence-electron chi connectivity index (χ4n) is 1.89. The minimum atomic E-state index is -0.0815. The zero-order valence-corrected chi connectivity index (χ0v) is 12.2. The molecule has 0 saturated carbocycles. The van der Waals surface area contributed by atoms with Crippen LogP contribution in [0.25, 0.3) is 0 Å². The van der Waals surface area contributed by atoms with E-state index in [1.165, 1.54) is 0 Å². The third-order valence-corrected chi connectivity index (χ3v) is 2.81. The molecule has 4 heteroatoms. The zero-order chi connectivity index (χ0) is 15.1. The number of carbonyl (C=O) groups is 1. The Bertz CT molecular complexity index is 636. The number of benzene rings is 1. The van der Waals surface area contributed by atoms with E-state index in [9.17, 15) is 4.79 Å². The maximum absolute atomic E-state index is 12.1. The summed E-state index contributed by atoms with van der Waals surface area (Å²) < 4.78 is 5.54. The normalized spacial score (nSPS) is 11.0. The Labute approximate surface area is 124 Å². The van der Waals surface area contributed by atoms with Crippen LogP contribution in [-0.2, 0) is 0 Å². The number of anilines is 1. The summed E-state index contributed by atoms with van der Waals surface area (Å²) in [6.07, 6.45) is 4.75. The lowest BCUT2D eigenvalue weighted by Gasteiger charge is -2.12. The maximum Gasteiger partial charge on any atom is 0.189 e. The standard InChI is InChI=1S/C17H18N2O2/c1-3-21-17-9-5-4-8-15(17)19-13(2)11-16(20)14-7-6-10-18-12-14/h4-12,19H,3H2,1-2H3/b13-11+. The van der Waals surface area contributed by atoms with Gasteiger partial charge in [-0.3, -0.25) is 9.78 Å². The first kappa shape index (κ1) is 14.8. The number of nitrogens with zero attached hydrogens (tertiary/aromatic N) is 1. The Morgan fingerprint density at radius 2 is 2.10 bits per heavy atom. The molecule has 0 amide bonds. The molecule has 0 bridgehead atoms. The van der Waals surface area contributed by atoms with E-state index in [0.29, 0.717) is 12.2 Å². The van der Waals surface area contributed by atoms with Crippen LogP contribution in [0.2, 0.25) is 0 Å². The van der Waals surface area contributed by atoms with Crippen molar-refractivity contribution in [1.29, 1.82) is 0 Å². The van der Waals surface area contributed by atoms with Crippen LogP contribution in [0.5, 0.6) is 5.75 Å². The van der Waals surface area contributed by atoms with Gasteiger partial charge in [-0.05, 0) is 38.1 Å². The largest absolute Gasteiger partial charge is 0.492 e. The summed E-state index contributed by atoms with van der Waals surface area (Å²) in [4.78, 5) is 16.0. The molecule has 108 valence electrons. The molecule has 1 aromatic heterocycles. The molecule has 0 spiro atoms. The Hall–Kier alpha value is -2.62. The Balaban J connectivity index is 2.12. The molecule has 0 fully saturated rings. The van der Waals surface area contributed by atoms with E-state index in [4.69, 9.17) is 4.74 Å². The van der Waals surface area contributed by atoms with Crippen molar-refractivity contribution < 1.29 is 9.53 Å². The summed E-state index contributed by atoms with van der Waals surface area (Å²) in [6.45, 7) is 4.37. The lowest BCUT2D eigenvalue weighted by atomic mass is 10.1. The third kappa shape index (κ3) is 4.18. The lowest BCUT2D eigenvalue weighted by Crippen LogP contribution is -2.03. The van der Waals surface area contributed by atoms with Crippen molar-refractivity contribution in [3.05, 3.63) is 66.1 Å². The zero-order valence-electron chi connectivity index (χ0n) is 12.2. The Kier molecular flexibility index (Phi) is 5.10. The fraction of sp³-hybridized carbons (Fsp3) is 0.176. The molecule has 4 nitrogen and oxygen atoms in total. The van der Waals surface area contributed by atoms with Gasteiger partial charge in [-0.15, -0.1) is 0 Å². The minimum absolute atomic E-state index is 0.0815. The maximum atomic E-state index is 12.1. The molecule has 2 aromatic rings. The Morgan fingerprint density at radius 1 is 1.29 bits per heavy atom. The van der Waals surface area contributed by atoms with Gasteiger partial charge in [-0.25, -0.2) is 0 Å². The summed E-state index contributed by atoms with van der Waals surface area (Å²) in [6, 6.07) is 11.1. The minimum Gasteiger partial charge on any atom is -0.492 e. The van der Waals surface area contributed by atoms with Crippen LogP contribution >= 0.6 is 0 Å². The summed E-state index contributed by atoms with van der Waals surface area (Å²) in [7, 11) is 0.